The molecular formula is C26H20Cl2N3NaO6S. The fraction of sp³-hybridized carbons (Fsp3) is 0.115. The zero-order valence-corrected chi connectivity index (χ0v) is 25.4. The van der Waals surface area contributed by atoms with E-state index in [9.17, 15) is 22.9 Å². The molecule has 0 atom stereocenters. The molecule has 0 aliphatic carbocycles. The third-order valence-corrected chi connectivity index (χ3v) is 7.57. The Morgan fingerprint density at radius 3 is 2.44 bits per heavy atom. The van der Waals surface area contributed by atoms with Crippen LogP contribution in [-0.4, -0.2) is 26.0 Å². The van der Waals surface area contributed by atoms with Gasteiger partial charge in [0.05, 0.1) is 23.5 Å². The van der Waals surface area contributed by atoms with Gasteiger partial charge in [0.15, 0.2) is 0 Å². The topological polar surface area (TPSA) is 140 Å². The maximum atomic E-state index is 13.4. The summed E-state index contributed by atoms with van der Waals surface area (Å²) in [6.45, 7) is 1.70. The summed E-state index contributed by atoms with van der Waals surface area (Å²) in [4.78, 5) is 12.7. The molecule has 196 valence electrons. The standard InChI is InChI=1S/C26H21Cl2N3O6S.Na/c1-3-14-11-12-19(22(28)25(14)38(34,35)36)30-31-23-16-8-5-4-7-15(16)13-17(24(23)32)26(33)29-18-9-6-10-20(37-2)21(18)27;/h4-13,32H,3H2,1-2H3,(H,29,33)(H,34,35,36);/q;+1/p-1. The number of nitrogens with one attached hydrogen (secondary N) is 1. The maximum absolute atomic E-state index is 13.4. The second-order valence-electron chi connectivity index (χ2n) is 8.01. The number of hydrogen-bond acceptors (Lipinski definition) is 7. The van der Waals surface area contributed by atoms with Crippen LogP contribution < -0.4 is 44.7 Å². The summed E-state index contributed by atoms with van der Waals surface area (Å²) >= 11 is 12.5. The van der Waals surface area contributed by atoms with E-state index in [1.165, 1.54) is 25.3 Å². The first-order valence-electron chi connectivity index (χ1n) is 11.1. The van der Waals surface area contributed by atoms with E-state index in [2.05, 4.69) is 15.5 Å². The van der Waals surface area contributed by atoms with E-state index in [1.807, 2.05) is 0 Å². The van der Waals surface area contributed by atoms with Crippen LogP contribution in [-0.2, 0) is 16.5 Å². The number of hydrogen-bond donors (Lipinski definition) is 2. The van der Waals surface area contributed by atoms with E-state index in [0.717, 1.165) is 0 Å². The minimum absolute atomic E-state index is 0. The number of rotatable bonds is 7. The zero-order chi connectivity index (χ0) is 27.6. The normalized spacial score (nSPS) is 11.4. The van der Waals surface area contributed by atoms with E-state index in [0.29, 0.717) is 22.1 Å². The molecule has 0 bridgehead atoms. The van der Waals surface area contributed by atoms with Crippen molar-refractivity contribution in [2.24, 2.45) is 10.2 Å². The van der Waals surface area contributed by atoms with Gasteiger partial charge in [-0.05, 0) is 41.6 Å². The maximum Gasteiger partial charge on any atom is 1.00 e. The molecule has 0 saturated carbocycles. The summed E-state index contributed by atoms with van der Waals surface area (Å²) < 4.78 is 38.6. The Kier molecular flexibility index (Phi) is 10.0. The van der Waals surface area contributed by atoms with Crippen molar-refractivity contribution in [1.82, 2.24) is 0 Å². The number of benzene rings is 4. The van der Waals surface area contributed by atoms with Gasteiger partial charge in [0.25, 0.3) is 16.0 Å². The van der Waals surface area contributed by atoms with E-state index in [1.54, 1.807) is 49.4 Å². The molecule has 1 amide bonds. The van der Waals surface area contributed by atoms with Crippen LogP contribution in [0, 0.1) is 0 Å². The van der Waals surface area contributed by atoms with E-state index >= 15 is 0 Å². The van der Waals surface area contributed by atoms with E-state index in [4.69, 9.17) is 27.9 Å². The van der Waals surface area contributed by atoms with Crippen LogP contribution in [0.3, 0.4) is 0 Å². The molecule has 0 spiro atoms. The molecule has 0 heterocycles. The monoisotopic (exact) mass is 595 g/mol. The third-order valence-electron chi connectivity index (χ3n) is 5.71. The summed E-state index contributed by atoms with van der Waals surface area (Å²) in [6, 6.07) is 15.9. The molecule has 4 aromatic carbocycles. The summed E-state index contributed by atoms with van der Waals surface area (Å²) in [7, 11) is -3.21. The predicted octanol–water partition coefficient (Wildman–Crippen LogP) is 3.71. The Labute approximate surface area is 256 Å². The predicted molar refractivity (Wildman–Crippen MR) is 144 cm³/mol. The van der Waals surface area contributed by atoms with Crippen molar-refractivity contribution >= 4 is 67.1 Å². The summed E-state index contributed by atoms with van der Waals surface area (Å²) in [5.41, 5.74) is 0.0724. The van der Waals surface area contributed by atoms with Crippen LogP contribution in [0.4, 0.5) is 17.1 Å². The molecule has 39 heavy (non-hydrogen) atoms. The number of aryl methyl sites for hydroxylation is 1. The second kappa shape index (κ2) is 12.6. The number of amides is 1. The second-order valence-corrected chi connectivity index (χ2v) is 10.1. The van der Waals surface area contributed by atoms with Crippen LogP contribution in [0.2, 0.25) is 10.0 Å². The largest absolute Gasteiger partial charge is 1.00 e. The molecule has 0 fully saturated rings. The van der Waals surface area contributed by atoms with Crippen LogP contribution in [0.5, 0.6) is 11.5 Å². The smallest absolute Gasteiger partial charge is 0.870 e. The molecule has 0 radical (unpaired) electrons. The van der Waals surface area contributed by atoms with Crippen molar-refractivity contribution in [2.75, 3.05) is 12.4 Å². The fourth-order valence-corrected chi connectivity index (χ4v) is 5.50. The first-order valence-corrected chi connectivity index (χ1v) is 13.3. The number of methoxy groups -OCH3 is 1. The van der Waals surface area contributed by atoms with Gasteiger partial charge in [-0.2, -0.15) is 13.5 Å². The van der Waals surface area contributed by atoms with Gasteiger partial charge in [-0.3, -0.25) is 9.35 Å². The number of anilines is 1. The Morgan fingerprint density at radius 2 is 1.77 bits per heavy atom. The fourth-order valence-electron chi connectivity index (χ4n) is 3.86. The first-order chi connectivity index (χ1) is 18.1. The van der Waals surface area contributed by atoms with Gasteiger partial charge in [-0.25, -0.2) is 0 Å². The van der Waals surface area contributed by atoms with Crippen LogP contribution in [0.1, 0.15) is 22.8 Å². The van der Waals surface area contributed by atoms with Crippen LogP contribution in [0.15, 0.2) is 75.8 Å². The number of carbonyl (C=O) groups excluding carboxylic acids is 1. The van der Waals surface area contributed by atoms with Crippen molar-refractivity contribution in [1.29, 1.82) is 0 Å². The van der Waals surface area contributed by atoms with Gasteiger partial charge < -0.3 is 15.2 Å². The zero-order valence-electron chi connectivity index (χ0n) is 21.0. The van der Waals surface area contributed by atoms with Crippen LogP contribution >= 0.6 is 23.2 Å². The summed E-state index contributed by atoms with van der Waals surface area (Å²) in [6.07, 6.45) is 0.288. The van der Waals surface area contributed by atoms with Crippen LogP contribution in [0.25, 0.3) is 10.8 Å². The van der Waals surface area contributed by atoms with Crippen molar-refractivity contribution in [3.05, 3.63) is 81.8 Å². The number of carbonyl (C=O) groups is 1. The van der Waals surface area contributed by atoms with Gasteiger partial charge in [0, 0.05) is 10.9 Å². The number of ether oxygens (including phenoxy) is 1. The SMILES string of the molecule is CCc1ccc(N=Nc2c([O-])c(C(=O)Nc3cccc(OC)c3Cl)cc3ccccc23)c(Cl)c1S(=O)(=O)O.[Na+]. The van der Waals surface area contributed by atoms with E-state index in [-0.39, 0.29) is 68.6 Å². The molecule has 0 aliphatic rings. The van der Waals surface area contributed by atoms with Gasteiger partial charge in [0.2, 0.25) is 0 Å². The molecule has 0 unspecified atom stereocenters. The molecule has 13 heteroatoms. The van der Waals surface area contributed by atoms with Crippen molar-refractivity contribution in [2.45, 2.75) is 18.2 Å². The average Bonchev–Trinajstić information content (AvgIpc) is 2.88. The average molecular weight is 596 g/mol. The molecule has 0 aliphatic heterocycles. The molecular weight excluding hydrogens is 576 g/mol. The summed E-state index contributed by atoms with van der Waals surface area (Å²) in [5.74, 6) is -1.11. The minimum Gasteiger partial charge on any atom is -0.870 e. The molecule has 0 saturated heterocycles. The van der Waals surface area contributed by atoms with Gasteiger partial charge in [0.1, 0.15) is 21.4 Å². The number of fused-ring (bicyclic) bond motifs is 1. The van der Waals surface area contributed by atoms with Gasteiger partial charge in [-0.15, -0.1) is 5.11 Å². The molecule has 4 aromatic rings. The van der Waals surface area contributed by atoms with Gasteiger partial charge >= 0.3 is 29.6 Å². The molecule has 9 nitrogen and oxygen atoms in total. The quantitative estimate of drug-likeness (QED) is 0.189. The van der Waals surface area contributed by atoms with Crippen molar-refractivity contribution in [3.63, 3.8) is 0 Å². The van der Waals surface area contributed by atoms with Crippen molar-refractivity contribution in [3.8, 4) is 11.5 Å². The summed E-state index contributed by atoms with van der Waals surface area (Å²) in [5, 5.41) is 24.9. The van der Waals surface area contributed by atoms with Crippen molar-refractivity contribution < 1.29 is 57.2 Å². The Hall–Kier alpha value is -2.70. The third kappa shape index (κ3) is 6.38. The Balaban J connectivity index is 0.00000420. The molecule has 4 rings (SSSR count). The van der Waals surface area contributed by atoms with E-state index < -0.39 is 26.7 Å². The first kappa shape index (κ1) is 30.8. The number of nitrogens with zero attached hydrogens (tertiary/aromatic N) is 2. The number of azo groups is 1. The minimum atomic E-state index is -4.65. The number of halogens is 2. The molecule has 0 aromatic heterocycles. The van der Waals surface area contributed by atoms with Gasteiger partial charge in [-0.1, -0.05) is 72.3 Å². The Bertz CT molecular complexity index is 1710. The molecule has 2 N–H and O–H groups in total. The Morgan fingerprint density at radius 1 is 1.05 bits per heavy atom.